The summed E-state index contributed by atoms with van der Waals surface area (Å²) in [7, 11) is 2.17. The maximum absolute atomic E-state index is 12.6. The van der Waals surface area contributed by atoms with Gasteiger partial charge in [-0.1, -0.05) is 41.4 Å². The molecule has 0 atom stereocenters. The molecule has 2 fully saturated rings. The Morgan fingerprint density at radius 1 is 1.03 bits per heavy atom. The van der Waals surface area contributed by atoms with E-state index >= 15 is 0 Å². The second-order valence-electron chi connectivity index (χ2n) is 10.3. The van der Waals surface area contributed by atoms with E-state index in [1.54, 1.807) is 24.3 Å². The number of benzene rings is 2. The van der Waals surface area contributed by atoms with E-state index in [1.807, 2.05) is 23.1 Å². The molecule has 8 heteroatoms. The summed E-state index contributed by atoms with van der Waals surface area (Å²) in [6.07, 6.45) is 8.66. The molecular formula is C30H37Cl2N3O3. The van der Waals surface area contributed by atoms with Gasteiger partial charge in [-0.25, -0.2) is 0 Å². The van der Waals surface area contributed by atoms with Crippen LogP contribution in [0.1, 0.15) is 49.7 Å². The molecule has 2 amide bonds. The van der Waals surface area contributed by atoms with Gasteiger partial charge in [-0.2, -0.15) is 0 Å². The molecule has 38 heavy (non-hydrogen) atoms. The van der Waals surface area contributed by atoms with Crippen LogP contribution in [0.3, 0.4) is 0 Å². The predicted molar refractivity (Wildman–Crippen MR) is 154 cm³/mol. The van der Waals surface area contributed by atoms with Crippen molar-refractivity contribution in [3.05, 3.63) is 69.7 Å². The first kappa shape index (κ1) is 28.6. The number of hydrogen-bond donors (Lipinski definition) is 1. The second-order valence-corrected chi connectivity index (χ2v) is 11.1. The number of likely N-dealkylation sites (tertiary alicyclic amines) is 1. The first-order chi connectivity index (χ1) is 18.4. The minimum atomic E-state index is -0.00494. The highest BCUT2D eigenvalue weighted by molar-refractivity contribution is 6.42. The van der Waals surface area contributed by atoms with Crippen molar-refractivity contribution in [1.82, 2.24) is 9.80 Å². The quantitative estimate of drug-likeness (QED) is 0.369. The van der Waals surface area contributed by atoms with Crippen LogP contribution in [0.4, 0.5) is 5.69 Å². The molecule has 4 rings (SSSR count). The summed E-state index contributed by atoms with van der Waals surface area (Å²) in [5, 5.41) is 4.00. The number of amides is 2. The standard InChI is InChI=1S/C30H37Cl2N3O3/c1-34(26-14-18-38-19-15-26)21-24-2-7-25(8-3-24)33-29(36)10-5-22-12-16-35(17-13-22)30(37)11-6-23-4-9-27(31)28(32)20-23/h2-4,6-9,11,20,22,26H,5,10,12-19,21H2,1H3,(H,33,36)/b11-6+. The molecule has 2 saturated heterocycles. The summed E-state index contributed by atoms with van der Waals surface area (Å²) in [5.41, 5.74) is 2.91. The van der Waals surface area contributed by atoms with E-state index in [-0.39, 0.29) is 11.8 Å². The molecule has 2 heterocycles. The van der Waals surface area contributed by atoms with E-state index in [4.69, 9.17) is 27.9 Å². The van der Waals surface area contributed by atoms with Crippen molar-refractivity contribution in [1.29, 1.82) is 0 Å². The molecule has 0 unspecified atom stereocenters. The van der Waals surface area contributed by atoms with Crippen LogP contribution in [-0.2, 0) is 20.9 Å². The fraction of sp³-hybridized carbons (Fsp3) is 0.467. The average molecular weight is 559 g/mol. The predicted octanol–water partition coefficient (Wildman–Crippen LogP) is 6.27. The third kappa shape index (κ3) is 8.57. The van der Waals surface area contributed by atoms with E-state index in [9.17, 15) is 9.59 Å². The van der Waals surface area contributed by atoms with Crippen molar-refractivity contribution in [3.63, 3.8) is 0 Å². The van der Waals surface area contributed by atoms with Gasteiger partial charge < -0.3 is 15.0 Å². The van der Waals surface area contributed by atoms with Gasteiger partial charge in [0.2, 0.25) is 11.8 Å². The zero-order valence-electron chi connectivity index (χ0n) is 22.0. The minimum Gasteiger partial charge on any atom is -0.381 e. The second kappa shape index (κ2) is 14.1. The number of halogens is 2. The van der Waals surface area contributed by atoms with E-state index in [2.05, 4.69) is 29.4 Å². The molecule has 2 aliphatic rings. The van der Waals surface area contributed by atoms with Gasteiger partial charge in [0, 0.05) is 57.1 Å². The number of ether oxygens (including phenoxy) is 1. The topological polar surface area (TPSA) is 61.9 Å². The average Bonchev–Trinajstić information content (AvgIpc) is 2.94. The summed E-state index contributed by atoms with van der Waals surface area (Å²) < 4.78 is 5.46. The molecule has 6 nitrogen and oxygen atoms in total. The lowest BCUT2D eigenvalue weighted by Gasteiger charge is -2.31. The summed E-state index contributed by atoms with van der Waals surface area (Å²) in [5.74, 6) is 0.488. The monoisotopic (exact) mass is 557 g/mol. The van der Waals surface area contributed by atoms with Crippen molar-refractivity contribution >= 4 is 46.8 Å². The molecule has 0 saturated carbocycles. The summed E-state index contributed by atoms with van der Waals surface area (Å²) in [6, 6.07) is 14.0. The first-order valence-corrected chi connectivity index (χ1v) is 14.2. The Morgan fingerprint density at radius 3 is 2.42 bits per heavy atom. The number of nitrogens with zero attached hydrogens (tertiary/aromatic N) is 2. The molecule has 2 aliphatic heterocycles. The van der Waals surface area contributed by atoms with Gasteiger partial charge in [-0.05, 0) is 86.5 Å². The zero-order chi connectivity index (χ0) is 26.9. The van der Waals surface area contributed by atoms with Gasteiger partial charge in [-0.3, -0.25) is 14.5 Å². The molecule has 2 aromatic rings. The maximum atomic E-state index is 12.6. The maximum Gasteiger partial charge on any atom is 0.246 e. The number of carbonyl (C=O) groups is 2. The van der Waals surface area contributed by atoms with Crippen molar-refractivity contribution < 1.29 is 14.3 Å². The number of piperidine rings is 1. The molecular weight excluding hydrogens is 521 g/mol. The molecule has 0 spiro atoms. The molecule has 0 radical (unpaired) electrons. The van der Waals surface area contributed by atoms with Crippen LogP contribution >= 0.6 is 23.2 Å². The fourth-order valence-corrected chi connectivity index (χ4v) is 5.43. The number of anilines is 1. The summed E-state index contributed by atoms with van der Waals surface area (Å²) >= 11 is 12.0. The first-order valence-electron chi connectivity index (χ1n) is 13.5. The zero-order valence-corrected chi connectivity index (χ0v) is 23.5. The third-order valence-electron chi connectivity index (χ3n) is 7.55. The highest BCUT2D eigenvalue weighted by Crippen LogP contribution is 2.25. The molecule has 0 bridgehead atoms. The van der Waals surface area contributed by atoms with Crippen LogP contribution < -0.4 is 5.32 Å². The Morgan fingerprint density at radius 2 is 1.74 bits per heavy atom. The minimum absolute atomic E-state index is 0.00494. The molecule has 0 aliphatic carbocycles. The molecule has 2 aromatic carbocycles. The van der Waals surface area contributed by atoms with E-state index in [0.717, 1.165) is 63.1 Å². The van der Waals surface area contributed by atoms with Crippen molar-refractivity contribution in [3.8, 4) is 0 Å². The Labute approximate surface area is 235 Å². The molecule has 204 valence electrons. The van der Waals surface area contributed by atoms with E-state index in [0.29, 0.717) is 41.5 Å². The Hall–Kier alpha value is -2.38. The number of rotatable bonds is 9. The Balaban J connectivity index is 1.14. The normalized spacial score (nSPS) is 17.3. The smallest absolute Gasteiger partial charge is 0.246 e. The van der Waals surface area contributed by atoms with E-state index < -0.39 is 0 Å². The fourth-order valence-electron chi connectivity index (χ4n) is 5.13. The van der Waals surface area contributed by atoms with Crippen molar-refractivity contribution in [2.75, 3.05) is 38.7 Å². The van der Waals surface area contributed by atoms with Gasteiger partial charge in [0.25, 0.3) is 0 Å². The summed E-state index contributed by atoms with van der Waals surface area (Å²) in [6.45, 7) is 4.00. The third-order valence-corrected chi connectivity index (χ3v) is 8.29. The van der Waals surface area contributed by atoms with Crippen molar-refractivity contribution in [2.45, 2.75) is 51.1 Å². The molecule has 1 N–H and O–H groups in total. The van der Waals surface area contributed by atoms with Gasteiger partial charge in [-0.15, -0.1) is 0 Å². The number of carbonyl (C=O) groups excluding carboxylic acids is 2. The van der Waals surface area contributed by atoms with Crippen LogP contribution in [0.2, 0.25) is 10.0 Å². The number of hydrogen-bond acceptors (Lipinski definition) is 4. The molecule has 0 aromatic heterocycles. The van der Waals surface area contributed by atoms with Gasteiger partial charge in [0.05, 0.1) is 10.0 Å². The number of nitrogens with one attached hydrogen (secondary N) is 1. The van der Waals surface area contributed by atoms with Crippen molar-refractivity contribution in [2.24, 2.45) is 5.92 Å². The van der Waals surface area contributed by atoms with Crippen LogP contribution in [0.5, 0.6) is 0 Å². The Kier molecular flexibility index (Phi) is 10.6. The lowest BCUT2D eigenvalue weighted by Crippen LogP contribution is -2.37. The Bertz CT molecular complexity index is 1110. The van der Waals surface area contributed by atoms with Crippen LogP contribution in [-0.4, -0.2) is 61.0 Å². The van der Waals surface area contributed by atoms with Gasteiger partial charge in [0.15, 0.2) is 0 Å². The SMILES string of the molecule is CN(Cc1ccc(NC(=O)CCC2CCN(C(=O)/C=C/c3ccc(Cl)c(Cl)c3)CC2)cc1)C1CCOCC1. The highest BCUT2D eigenvalue weighted by Gasteiger charge is 2.22. The van der Waals surface area contributed by atoms with Crippen LogP contribution in [0.25, 0.3) is 6.08 Å². The lowest BCUT2D eigenvalue weighted by atomic mass is 9.92. The van der Waals surface area contributed by atoms with Gasteiger partial charge >= 0.3 is 0 Å². The summed E-state index contributed by atoms with van der Waals surface area (Å²) in [4.78, 5) is 29.4. The van der Waals surface area contributed by atoms with Gasteiger partial charge in [0.1, 0.15) is 0 Å². The largest absolute Gasteiger partial charge is 0.381 e. The van der Waals surface area contributed by atoms with Crippen LogP contribution in [0.15, 0.2) is 48.5 Å². The lowest BCUT2D eigenvalue weighted by molar-refractivity contribution is -0.127. The van der Waals surface area contributed by atoms with E-state index in [1.165, 1.54) is 5.56 Å². The highest BCUT2D eigenvalue weighted by atomic mass is 35.5. The van der Waals surface area contributed by atoms with Crippen LogP contribution in [0, 0.1) is 5.92 Å².